The highest BCUT2D eigenvalue weighted by Crippen LogP contribution is 2.36. The summed E-state index contributed by atoms with van der Waals surface area (Å²) in [6.07, 6.45) is 2.38. The Morgan fingerprint density at radius 1 is 1.07 bits per heavy atom. The number of benzene rings is 1. The molecule has 0 radical (unpaired) electrons. The second-order valence-electron chi connectivity index (χ2n) is 4.16. The Kier molecular flexibility index (Phi) is 3.34. The van der Waals surface area contributed by atoms with E-state index in [0.29, 0.717) is 21.1 Å². The summed E-state index contributed by atoms with van der Waals surface area (Å²) in [5.74, 6) is 0.809. The first kappa shape index (κ1) is 11.4. The van der Waals surface area contributed by atoms with Crippen molar-refractivity contribution in [2.24, 2.45) is 5.92 Å². The third-order valence-electron chi connectivity index (χ3n) is 2.74. The standard InChI is InChI=1S/C11H12Cl3N/c1-6-2-7(3-6)15-11-5-9(13)8(12)4-10(11)14/h4-7,15H,2-3H2,1H3. The molecule has 0 saturated heterocycles. The summed E-state index contributed by atoms with van der Waals surface area (Å²) >= 11 is 17.8. The minimum absolute atomic E-state index is 0.495. The topological polar surface area (TPSA) is 12.0 Å². The van der Waals surface area contributed by atoms with Crippen LogP contribution in [0.3, 0.4) is 0 Å². The lowest BCUT2D eigenvalue weighted by atomic mass is 9.82. The van der Waals surface area contributed by atoms with Crippen LogP contribution in [0.15, 0.2) is 12.1 Å². The van der Waals surface area contributed by atoms with Gasteiger partial charge in [0.2, 0.25) is 0 Å². The summed E-state index contributed by atoms with van der Waals surface area (Å²) < 4.78 is 0. The molecule has 0 aliphatic heterocycles. The van der Waals surface area contributed by atoms with Gasteiger partial charge in [-0.05, 0) is 30.9 Å². The molecule has 0 unspecified atom stereocenters. The zero-order chi connectivity index (χ0) is 11.0. The molecule has 15 heavy (non-hydrogen) atoms. The maximum atomic E-state index is 6.06. The molecule has 1 saturated carbocycles. The highest BCUT2D eigenvalue weighted by atomic mass is 35.5. The lowest BCUT2D eigenvalue weighted by Gasteiger charge is -2.34. The summed E-state index contributed by atoms with van der Waals surface area (Å²) in [5, 5.41) is 5.03. The predicted molar refractivity (Wildman–Crippen MR) is 67.3 cm³/mol. The van der Waals surface area contributed by atoms with E-state index in [-0.39, 0.29) is 0 Å². The number of rotatable bonds is 2. The van der Waals surface area contributed by atoms with Gasteiger partial charge in [0, 0.05) is 6.04 Å². The van der Waals surface area contributed by atoms with Crippen LogP contribution in [-0.2, 0) is 0 Å². The highest BCUT2D eigenvalue weighted by molar-refractivity contribution is 6.44. The van der Waals surface area contributed by atoms with Crippen LogP contribution >= 0.6 is 34.8 Å². The van der Waals surface area contributed by atoms with Crippen molar-refractivity contribution in [3.05, 3.63) is 27.2 Å². The first-order valence-electron chi connectivity index (χ1n) is 4.97. The minimum atomic E-state index is 0.495. The molecule has 1 aromatic rings. The molecule has 2 rings (SSSR count). The van der Waals surface area contributed by atoms with E-state index in [1.165, 1.54) is 12.8 Å². The molecule has 0 amide bonds. The van der Waals surface area contributed by atoms with Crippen molar-refractivity contribution in [3.63, 3.8) is 0 Å². The highest BCUT2D eigenvalue weighted by Gasteiger charge is 2.25. The van der Waals surface area contributed by atoms with Gasteiger partial charge in [0.25, 0.3) is 0 Å². The number of anilines is 1. The molecule has 1 aromatic carbocycles. The number of nitrogens with one attached hydrogen (secondary N) is 1. The molecule has 4 heteroatoms. The van der Waals surface area contributed by atoms with Crippen LogP contribution in [0, 0.1) is 5.92 Å². The van der Waals surface area contributed by atoms with Crippen LogP contribution in [0.25, 0.3) is 0 Å². The molecule has 0 heterocycles. The lowest BCUT2D eigenvalue weighted by Crippen LogP contribution is -2.33. The molecule has 1 aliphatic carbocycles. The Morgan fingerprint density at radius 2 is 1.67 bits per heavy atom. The molecular formula is C11H12Cl3N. The Hall–Kier alpha value is -0.110. The van der Waals surface area contributed by atoms with Crippen LogP contribution < -0.4 is 5.32 Å². The van der Waals surface area contributed by atoms with Crippen LogP contribution in [0.1, 0.15) is 19.8 Å². The monoisotopic (exact) mass is 263 g/mol. The van der Waals surface area contributed by atoms with Gasteiger partial charge in [-0.25, -0.2) is 0 Å². The van der Waals surface area contributed by atoms with Gasteiger partial charge in [0.05, 0.1) is 20.8 Å². The zero-order valence-electron chi connectivity index (χ0n) is 8.36. The summed E-state index contributed by atoms with van der Waals surface area (Å²) in [5.41, 5.74) is 0.878. The Bertz CT molecular complexity index is 372. The molecular weight excluding hydrogens is 252 g/mol. The quantitative estimate of drug-likeness (QED) is 0.752. The van der Waals surface area contributed by atoms with E-state index in [9.17, 15) is 0 Å². The van der Waals surface area contributed by atoms with E-state index in [2.05, 4.69) is 12.2 Å². The van der Waals surface area contributed by atoms with E-state index in [1.807, 2.05) is 0 Å². The van der Waals surface area contributed by atoms with Crippen molar-refractivity contribution in [2.45, 2.75) is 25.8 Å². The third-order valence-corrected chi connectivity index (χ3v) is 3.78. The van der Waals surface area contributed by atoms with Crippen molar-refractivity contribution in [1.82, 2.24) is 0 Å². The molecule has 0 atom stereocenters. The molecule has 1 nitrogen and oxygen atoms in total. The molecule has 0 bridgehead atoms. The lowest BCUT2D eigenvalue weighted by molar-refractivity contribution is 0.309. The van der Waals surface area contributed by atoms with Gasteiger partial charge in [-0.2, -0.15) is 0 Å². The first-order chi connectivity index (χ1) is 7.06. The van der Waals surface area contributed by atoms with Crippen molar-refractivity contribution in [3.8, 4) is 0 Å². The largest absolute Gasteiger partial charge is 0.381 e. The molecule has 1 N–H and O–H groups in total. The van der Waals surface area contributed by atoms with Gasteiger partial charge in [0.1, 0.15) is 0 Å². The summed E-state index contributed by atoms with van der Waals surface area (Å²) in [6, 6.07) is 3.99. The van der Waals surface area contributed by atoms with Crippen molar-refractivity contribution >= 4 is 40.5 Å². The predicted octanol–water partition coefficient (Wildman–Crippen LogP) is 4.86. The maximum Gasteiger partial charge on any atom is 0.0653 e. The van der Waals surface area contributed by atoms with E-state index >= 15 is 0 Å². The van der Waals surface area contributed by atoms with Gasteiger partial charge in [0.15, 0.2) is 0 Å². The van der Waals surface area contributed by atoms with Gasteiger partial charge >= 0.3 is 0 Å². The van der Waals surface area contributed by atoms with E-state index in [0.717, 1.165) is 11.6 Å². The molecule has 1 aliphatic rings. The van der Waals surface area contributed by atoms with Gasteiger partial charge in [-0.15, -0.1) is 0 Å². The maximum absolute atomic E-state index is 6.06. The summed E-state index contributed by atoms with van der Waals surface area (Å²) in [7, 11) is 0. The van der Waals surface area contributed by atoms with Gasteiger partial charge < -0.3 is 5.32 Å². The van der Waals surface area contributed by atoms with E-state index in [4.69, 9.17) is 34.8 Å². The number of hydrogen-bond donors (Lipinski definition) is 1. The summed E-state index contributed by atoms with van der Waals surface area (Å²) in [4.78, 5) is 0. The van der Waals surface area contributed by atoms with Crippen LogP contribution in [-0.4, -0.2) is 6.04 Å². The normalized spacial score (nSPS) is 24.8. The first-order valence-corrected chi connectivity index (χ1v) is 6.10. The Morgan fingerprint density at radius 3 is 2.27 bits per heavy atom. The smallest absolute Gasteiger partial charge is 0.0653 e. The van der Waals surface area contributed by atoms with Gasteiger partial charge in [-0.3, -0.25) is 0 Å². The summed E-state index contributed by atoms with van der Waals surface area (Å²) in [6.45, 7) is 2.24. The number of hydrogen-bond acceptors (Lipinski definition) is 1. The fourth-order valence-electron chi connectivity index (χ4n) is 1.87. The molecule has 0 aromatic heterocycles. The SMILES string of the molecule is CC1CC(Nc2cc(Cl)c(Cl)cc2Cl)C1. The van der Waals surface area contributed by atoms with Gasteiger partial charge in [-0.1, -0.05) is 41.7 Å². The Balaban J connectivity index is 2.11. The van der Waals surface area contributed by atoms with E-state index < -0.39 is 0 Å². The zero-order valence-corrected chi connectivity index (χ0v) is 10.6. The second-order valence-corrected chi connectivity index (χ2v) is 5.39. The van der Waals surface area contributed by atoms with Crippen LogP contribution in [0.4, 0.5) is 5.69 Å². The van der Waals surface area contributed by atoms with Crippen LogP contribution in [0.5, 0.6) is 0 Å². The number of halogens is 3. The Labute approximate surface area is 105 Å². The second kappa shape index (κ2) is 4.40. The van der Waals surface area contributed by atoms with Crippen LogP contribution in [0.2, 0.25) is 15.1 Å². The molecule has 0 spiro atoms. The van der Waals surface area contributed by atoms with Crippen molar-refractivity contribution < 1.29 is 0 Å². The van der Waals surface area contributed by atoms with E-state index in [1.54, 1.807) is 12.1 Å². The fraction of sp³-hybridized carbons (Fsp3) is 0.455. The molecule has 1 fully saturated rings. The van der Waals surface area contributed by atoms with Crippen molar-refractivity contribution in [2.75, 3.05) is 5.32 Å². The minimum Gasteiger partial charge on any atom is -0.381 e. The average molecular weight is 265 g/mol. The average Bonchev–Trinajstić information content (AvgIpc) is 2.11. The van der Waals surface area contributed by atoms with Crippen molar-refractivity contribution in [1.29, 1.82) is 0 Å². The fourth-order valence-corrected chi connectivity index (χ4v) is 2.47. The molecule has 82 valence electrons. The third kappa shape index (κ3) is 2.52.